The van der Waals surface area contributed by atoms with E-state index in [1.807, 2.05) is 30.3 Å². The van der Waals surface area contributed by atoms with Crippen LogP contribution in [0.2, 0.25) is 0 Å². The van der Waals surface area contributed by atoms with E-state index in [-0.39, 0.29) is 0 Å². The van der Waals surface area contributed by atoms with Gasteiger partial charge in [0.25, 0.3) is 0 Å². The van der Waals surface area contributed by atoms with Crippen molar-refractivity contribution in [3.8, 4) is 11.1 Å². The summed E-state index contributed by atoms with van der Waals surface area (Å²) < 4.78 is 15.3. The van der Waals surface area contributed by atoms with Crippen LogP contribution in [0.4, 0.5) is 0 Å². The van der Waals surface area contributed by atoms with Gasteiger partial charge in [-0.15, -0.1) is 0 Å². The average molecular weight is 383 g/mol. The van der Waals surface area contributed by atoms with Crippen LogP contribution in [-0.4, -0.2) is 46.1 Å². The van der Waals surface area contributed by atoms with Crippen LogP contribution in [0.3, 0.4) is 0 Å². The Kier molecular flexibility index (Phi) is 6.38. The third-order valence-electron chi connectivity index (χ3n) is 5.92. The molecule has 2 heterocycles. The first kappa shape index (κ1) is 18.9. The number of benzene rings is 2. The van der Waals surface area contributed by atoms with Crippen LogP contribution in [-0.2, 0) is 11.0 Å². The number of nitrogens with zero attached hydrogens (tertiary/aromatic N) is 2. The highest BCUT2D eigenvalue weighted by Crippen LogP contribution is 2.26. The molecular weight excluding hydrogens is 352 g/mol. The zero-order valence-corrected chi connectivity index (χ0v) is 16.9. The van der Waals surface area contributed by atoms with Gasteiger partial charge in [-0.2, -0.15) is 0 Å². The van der Waals surface area contributed by atoms with E-state index in [9.17, 15) is 4.21 Å². The van der Waals surface area contributed by atoms with Gasteiger partial charge in [-0.25, -0.2) is 8.51 Å². The van der Waals surface area contributed by atoms with Gasteiger partial charge in [0.1, 0.15) is 11.0 Å². The van der Waals surface area contributed by atoms with E-state index in [0.29, 0.717) is 0 Å². The molecule has 144 valence electrons. The first-order chi connectivity index (χ1) is 13.3. The van der Waals surface area contributed by atoms with Crippen molar-refractivity contribution < 1.29 is 4.21 Å². The predicted octanol–water partition coefficient (Wildman–Crippen LogP) is 4.57. The normalized spacial score (nSPS) is 21.2. The van der Waals surface area contributed by atoms with Gasteiger partial charge in [0.2, 0.25) is 0 Å². The van der Waals surface area contributed by atoms with Crippen molar-refractivity contribution >= 4 is 11.0 Å². The highest BCUT2D eigenvalue weighted by atomic mass is 32.2. The van der Waals surface area contributed by atoms with E-state index in [1.54, 1.807) is 0 Å². The highest BCUT2D eigenvalue weighted by molar-refractivity contribution is 7.82. The molecule has 0 saturated carbocycles. The minimum atomic E-state index is -1.06. The molecule has 4 heteroatoms. The van der Waals surface area contributed by atoms with Crippen molar-refractivity contribution in [2.75, 3.05) is 32.7 Å². The van der Waals surface area contributed by atoms with Gasteiger partial charge in [0, 0.05) is 19.6 Å². The van der Waals surface area contributed by atoms with Crippen molar-refractivity contribution in [1.29, 1.82) is 0 Å². The van der Waals surface area contributed by atoms with Crippen LogP contribution < -0.4 is 0 Å². The molecule has 2 saturated heterocycles. The van der Waals surface area contributed by atoms with Crippen molar-refractivity contribution in [1.82, 2.24) is 9.21 Å². The summed E-state index contributed by atoms with van der Waals surface area (Å²) in [7, 11) is -1.06. The summed E-state index contributed by atoms with van der Waals surface area (Å²) in [5.74, 6) is 0.770. The third-order valence-corrected chi connectivity index (χ3v) is 7.41. The average Bonchev–Trinajstić information content (AvgIpc) is 2.75. The van der Waals surface area contributed by atoms with Gasteiger partial charge in [0.15, 0.2) is 0 Å². The molecule has 0 N–H and O–H groups in total. The van der Waals surface area contributed by atoms with E-state index >= 15 is 0 Å². The summed E-state index contributed by atoms with van der Waals surface area (Å²) in [6.07, 6.45) is 6.46. The maximum atomic E-state index is 13.1. The fourth-order valence-electron chi connectivity index (χ4n) is 4.33. The van der Waals surface area contributed by atoms with Crippen molar-refractivity contribution in [3.05, 3.63) is 54.6 Å². The topological polar surface area (TPSA) is 23.6 Å². The zero-order valence-electron chi connectivity index (χ0n) is 16.1. The lowest BCUT2D eigenvalue weighted by Crippen LogP contribution is -2.40. The lowest BCUT2D eigenvalue weighted by molar-refractivity contribution is 0.163. The lowest BCUT2D eigenvalue weighted by Gasteiger charge is -2.35. The van der Waals surface area contributed by atoms with E-state index < -0.39 is 11.0 Å². The second-order valence-electron chi connectivity index (χ2n) is 7.88. The molecule has 27 heavy (non-hydrogen) atoms. The Labute approximate surface area is 166 Å². The second-order valence-corrected chi connectivity index (χ2v) is 9.36. The van der Waals surface area contributed by atoms with Crippen LogP contribution in [0.15, 0.2) is 59.5 Å². The van der Waals surface area contributed by atoms with Gasteiger partial charge >= 0.3 is 0 Å². The number of piperidine rings is 2. The second kappa shape index (κ2) is 9.13. The lowest BCUT2D eigenvalue weighted by atomic mass is 9.96. The van der Waals surface area contributed by atoms with Gasteiger partial charge < -0.3 is 4.90 Å². The molecule has 0 bridgehead atoms. The molecule has 0 amide bonds. The van der Waals surface area contributed by atoms with Crippen LogP contribution in [0.25, 0.3) is 11.1 Å². The third kappa shape index (κ3) is 4.87. The quantitative estimate of drug-likeness (QED) is 0.756. The Morgan fingerprint density at radius 3 is 2.26 bits per heavy atom. The fraction of sp³-hybridized carbons (Fsp3) is 0.478. The summed E-state index contributed by atoms with van der Waals surface area (Å²) in [6.45, 7) is 5.68. The molecule has 1 atom stereocenters. The zero-order chi connectivity index (χ0) is 18.5. The van der Waals surface area contributed by atoms with Crippen LogP contribution in [0.1, 0.15) is 32.1 Å². The monoisotopic (exact) mass is 382 g/mol. The van der Waals surface area contributed by atoms with E-state index in [2.05, 4.69) is 33.5 Å². The molecule has 0 aliphatic carbocycles. The van der Waals surface area contributed by atoms with E-state index in [4.69, 9.17) is 0 Å². The molecule has 2 fully saturated rings. The molecule has 2 aromatic carbocycles. The van der Waals surface area contributed by atoms with Gasteiger partial charge in [0.05, 0.1) is 4.90 Å². The molecule has 1 unspecified atom stereocenters. The molecule has 2 aliphatic rings. The van der Waals surface area contributed by atoms with Gasteiger partial charge in [-0.1, -0.05) is 48.9 Å². The number of hydrogen-bond donors (Lipinski definition) is 0. The maximum Gasteiger partial charge on any atom is 0.127 e. The number of rotatable bonds is 5. The summed E-state index contributed by atoms with van der Waals surface area (Å²) in [5.41, 5.74) is 2.32. The minimum Gasteiger partial charge on any atom is -0.303 e. The van der Waals surface area contributed by atoms with Gasteiger partial charge in [-0.05, 0) is 68.0 Å². The summed E-state index contributed by atoms with van der Waals surface area (Å²) >= 11 is 0. The van der Waals surface area contributed by atoms with Crippen LogP contribution in [0.5, 0.6) is 0 Å². The smallest absolute Gasteiger partial charge is 0.127 e. The largest absolute Gasteiger partial charge is 0.303 e. The standard InChI is InChI=1S/C23H30N2OS/c26-27(23-11-7-10-22(18-23)21-8-3-1-4-9-21)25-16-12-20(13-17-25)19-24-14-5-2-6-15-24/h1,3-4,7-11,18,20H,2,5-6,12-17,19H2. The Morgan fingerprint density at radius 2 is 1.52 bits per heavy atom. The number of likely N-dealkylation sites (tertiary alicyclic amines) is 1. The molecule has 2 aliphatic heterocycles. The van der Waals surface area contributed by atoms with Crippen LogP contribution >= 0.6 is 0 Å². The fourth-order valence-corrected chi connectivity index (χ4v) is 5.59. The Hall–Kier alpha value is -1.49. The van der Waals surface area contributed by atoms with Crippen molar-refractivity contribution in [2.45, 2.75) is 37.0 Å². The molecule has 2 aromatic rings. The minimum absolute atomic E-state index is 0.770. The van der Waals surface area contributed by atoms with Crippen LogP contribution in [0, 0.1) is 5.92 Å². The van der Waals surface area contributed by atoms with Gasteiger partial charge in [-0.3, -0.25) is 0 Å². The molecule has 0 radical (unpaired) electrons. The Morgan fingerprint density at radius 1 is 0.815 bits per heavy atom. The molecule has 0 spiro atoms. The first-order valence-corrected chi connectivity index (χ1v) is 11.4. The highest BCUT2D eigenvalue weighted by Gasteiger charge is 2.25. The van der Waals surface area contributed by atoms with E-state index in [1.165, 1.54) is 57.3 Å². The molecular formula is C23H30N2OS. The summed E-state index contributed by atoms with van der Waals surface area (Å²) in [5, 5.41) is 0. The molecule has 0 aromatic heterocycles. The Bertz CT molecular complexity index is 750. The molecule has 3 nitrogen and oxygen atoms in total. The SMILES string of the molecule is O=S(c1cccc(-c2ccccc2)c1)N1CCC(CN2CCCCC2)CC1. The Balaban J connectivity index is 1.35. The first-order valence-electron chi connectivity index (χ1n) is 10.3. The summed E-state index contributed by atoms with van der Waals surface area (Å²) in [4.78, 5) is 3.57. The summed E-state index contributed by atoms with van der Waals surface area (Å²) in [6, 6.07) is 18.5. The van der Waals surface area contributed by atoms with Crippen molar-refractivity contribution in [3.63, 3.8) is 0 Å². The predicted molar refractivity (Wildman–Crippen MR) is 113 cm³/mol. The van der Waals surface area contributed by atoms with E-state index in [0.717, 1.165) is 29.5 Å². The maximum absolute atomic E-state index is 13.1. The number of hydrogen-bond acceptors (Lipinski definition) is 2. The molecule has 4 rings (SSSR count). The van der Waals surface area contributed by atoms with Crippen molar-refractivity contribution in [2.24, 2.45) is 5.92 Å².